The first-order valence-electron chi connectivity index (χ1n) is 7.15. The van der Waals surface area contributed by atoms with E-state index >= 15 is 0 Å². The van der Waals surface area contributed by atoms with E-state index in [0.29, 0.717) is 19.5 Å². The number of amides is 1. The zero-order valence-electron chi connectivity index (χ0n) is 13.0. The first kappa shape index (κ1) is 20.1. The van der Waals surface area contributed by atoms with Crippen LogP contribution in [0.3, 0.4) is 0 Å². The van der Waals surface area contributed by atoms with Gasteiger partial charge in [-0.1, -0.05) is 31.1 Å². The summed E-state index contributed by atoms with van der Waals surface area (Å²) in [5.74, 6) is -0.0355. The van der Waals surface area contributed by atoms with Gasteiger partial charge in [-0.2, -0.15) is 0 Å². The highest BCUT2D eigenvalue weighted by atomic mass is 35.5. The highest BCUT2D eigenvalue weighted by molar-refractivity contribution is 7.09. The summed E-state index contributed by atoms with van der Waals surface area (Å²) in [6.45, 7) is 6.85. The number of thiazole rings is 1. The second-order valence-electron chi connectivity index (χ2n) is 5.05. The molecule has 1 unspecified atom stereocenters. The van der Waals surface area contributed by atoms with Crippen LogP contribution in [-0.4, -0.2) is 23.1 Å². The van der Waals surface area contributed by atoms with Crippen LogP contribution in [-0.2, 0) is 11.3 Å². The van der Waals surface area contributed by atoms with Crippen LogP contribution in [0, 0.1) is 13.8 Å². The maximum Gasteiger partial charge on any atom is 0.307 e. The lowest BCUT2D eigenvalue weighted by Gasteiger charge is -2.16. The van der Waals surface area contributed by atoms with Gasteiger partial charge in [0.25, 0.3) is 0 Å². The molecule has 0 aliphatic carbocycles. The number of carbonyl (C=O) groups excluding carboxylic acids is 1. The standard InChI is InChI=1S/C14H25N3O2S.ClH/c1-4-5-6-12(9-15)16-13(18)7-8-17-10(2)11(3)20-14(17)19;/h12H,4-9,15H2,1-3H3,(H,16,18);1H. The third-order valence-corrected chi connectivity index (χ3v) is 4.49. The van der Waals surface area contributed by atoms with Crippen molar-refractivity contribution in [2.24, 2.45) is 5.73 Å². The van der Waals surface area contributed by atoms with Crippen LogP contribution in [0.2, 0.25) is 0 Å². The van der Waals surface area contributed by atoms with E-state index in [1.165, 1.54) is 11.3 Å². The molecule has 0 aliphatic rings. The van der Waals surface area contributed by atoms with Gasteiger partial charge >= 0.3 is 4.87 Å². The second-order valence-corrected chi connectivity index (χ2v) is 6.22. The van der Waals surface area contributed by atoms with Crippen molar-refractivity contribution in [2.45, 2.75) is 59.0 Å². The molecule has 0 fully saturated rings. The summed E-state index contributed by atoms with van der Waals surface area (Å²) in [4.78, 5) is 24.6. The van der Waals surface area contributed by atoms with Crippen LogP contribution in [0.15, 0.2) is 4.79 Å². The van der Waals surface area contributed by atoms with E-state index in [1.807, 2.05) is 13.8 Å². The molecule has 5 nitrogen and oxygen atoms in total. The van der Waals surface area contributed by atoms with Gasteiger partial charge < -0.3 is 15.6 Å². The van der Waals surface area contributed by atoms with Gasteiger partial charge in [0.2, 0.25) is 5.91 Å². The Balaban J connectivity index is 0.00000400. The molecule has 1 aromatic rings. The quantitative estimate of drug-likeness (QED) is 0.762. The molecule has 1 heterocycles. The Kier molecular flexibility index (Phi) is 9.57. The van der Waals surface area contributed by atoms with E-state index < -0.39 is 0 Å². The molecule has 21 heavy (non-hydrogen) atoms. The minimum absolute atomic E-state index is 0. The number of unbranched alkanes of at least 4 members (excludes halogenated alkanes) is 1. The molecule has 1 aromatic heterocycles. The van der Waals surface area contributed by atoms with Crippen molar-refractivity contribution < 1.29 is 4.79 Å². The number of halogens is 1. The fourth-order valence-electron chi connectivity index (χ4n) is 2.06. The summed E-state index contributed by atoms with van der Waals surface area (Å²) in [5, 5.41) is 2.94. The molecule has 0 saturated carbocycles. The third kappa shape index (κ3) is 6.20. The summed E-state index contributed by atoms with van der Waals surface area (Å²) in [7, 11) is 0. The Hall–Kier alpha value is -0.850. The number of rotatable bonds is 8. The molecule has 0 saturated heterocycles. The van der Waals surface area contributed by atoms with Gasteiger partial charge in [0.05, 0.1) is 0 Å². The van der Waals surface area contributed by atoms with Crippen molar-refractivity contribution in [1.29, 1.82) is 0 Å². The van der Waals surface area contributed by atoms with E-state index in [4.69, 9.17) is 5.73 Å². The molecule has 0 radical (unpaired) electrons. The molecular weight excluding hydrogens is 310 g/mol. The van der Waals surface area contributed by atoms with Crippen LogP contribution in [0.4, 0.5) is 0 Å². The number of nitrogens with one attached hydrogen (secondary N) is 1. The van der Waals surface area contributed by atoms with Crippen LogP contribution in [0.1, 0.15) is 43.2 Å². The van der Waals surface area contributed by atoms with Crippen molar-refractivity contribution in [3.05, 3.63) is 20.2 Å². The van der Waals surface area contributed by atoms with E-state index in [-0.39, 0.29) is 29.2 Å². The number of aromatic nitrogens is 1. The molecule has 1 atom stereocenters. The summed E-state index contributed by atoms with van der Waals surface area (Å²) < 4.78 is 1.67. The second kappa shape index (κ2) is 9.97. The predicted molar refractivity (Wildman–Crippen MR) is 90.4 cm³/mol. The SMILES string of the molecule is CCCCC(CN)NC(=O)CCn1c(C)c(C)sc1=O.Cl. The maximum atomic E-state index is 11.9. The van der Waals surface area contributed by atoms with Crippen molar-refractivity contribution in [1.82, 2.24) is 9.88 Å². The Morgan fingerprint density at radius 1 is 1.43 bits per heavy atom. The lowest BCUT2D eigenvalue weighted by Crippen LogP contribution is -2.40. The van der Waals surface area contributed by atoms with Crippen LogP contribution < -0.4 is 15.9 Å². The zero-order chi connectivity index (χ0) is 15.1. The Morgan fingerprint density at radius 3 is 2.57 bits per heavy atom. The van der Waals surface area contributed by atoms with Gasteiger partial charge in [0.1, 0.15) is 0 Å². The topological polar surface area (TPSA) is 77.1 Å². The summed E-state index contributed by atoms with van der Waals surface area (Å²) in [6, 6.07) is 0.0458. The molecule has 1 amide bonds. The minimum atomic E-state index is -0.0355. The van der Waals surface area contributed by atoms with E-state index in [9.17, 15) is 9.59 Å². The van der Waals surface area contributed by atoms with Crippen LogP contribution in [0.25, 0.3) is 0 Å². The van der Waals surface area contributed by atoms with Gasteiger partial charge in [-0.05, 0) is 20.3 Å². The molecule has 3 N–H and O–H groups in total. The highest BCUT2D eigenvalue weighted by Gasteiger charge is 2.12. The fraction of sp³-hybridized carbons (Fsp3) is 0.714. The molecule has 0 aliphatic heterocycles. The lowest BCUT2D eigenvalue weighted by molar-refractivity contribution is -0.122. The first-order valence-corrected chi connectivity index (χ1v) is 7.97. The Morgan fingerprint density at radius 2 is 2.10 bits per heavy atom. The summed E-state index contributed by atoms with van der Waals surface area (Å²) in [5.41, 5.74) is 6.61. The van der Waals surface area contributed by atoms with Gasteiger partial charge in [0.15, 0.2) is 0 Å². The first-order chi connectivity index (χ1) is 9.49. The third-order valence-electron chi connectivity index (χ3n) is 3.49. The molecule has 122 valence electrons. The molecule has 7 heteroatoms. The van der Waals surface area contributed by atoms with Gasteiger partial charge in [0, 0.05) is 36.1 Å². The van der Waals surface area contributed by atoms with E-state index in [0.717, 1.165) is 29.8 Å². The number of hydrogen-bond donors (Lipinski definition) is 2. The molecular formula is C14H26ClN3O2S. The molecule has 0 aromatic carbocycles. The summed E-state index contributed by atoms with van der Waals surface area (Å²) in [6.07, 6.45) is 3.38. The van der Waals surface area contributed by atoms with E-state index in [2.05, 4.69) is 12.2 Å². The normalized spacial score (nSPS) is 11.8. The summed E-state index contributed by atoms with van der Waals surface area (Å²) >= 11 is 1.23. The van der Waals surface area contributed by atoms with Gasteiger partial charge in [-0.25, -0.2) is 0 Å². The number of aryl methyl sites for hydroxylation is 1. The molecule has 0 bridgehead atoms. The average molecular weight is 336 g/mol. The highest BCUT2D eigenvalue weighted by Crippen LogP contribution is 2.09. The van der Waals surface area contributed by atoms with Crippen molar-refractivity contribution in [2.75, 3.05) is 6.54 Å². The Labute approximate surface area is 136 Å². The number of carbonyl (C=O) groups is 1. The predicted octanol–water partition coefficient (Wildman–Crippen LogP) is 1.97. The fourth-order valence-corrected chi connectivity index (χ4v) is 2.92. The van der Waals surface area contributed by atoms with Gasteiger partial charge in [-0.3, -0.25) is 9.59 Å². The largest absolute Gasteiger partial charge is 0.352 e. The monoisotopic (exact) mass is 335 g/mol. The van der Waals surface area contributed by atoms with Crippen molar-refractivity contribution >= 4 is 29.7 Å². The lowest BCUT2D eigenvalue weighted by atomic mass is 10.1. The molecule has 0 spiro atoms. The average Bonchev–Trinajstić information content (AvgIpc) is 2.66. The van der Waals surface area contributed by atoms with Crippen molar-refractivity contribution in [3.63, 3.8) is 0 Å². The minimum Gasteiger partial charge on any atom is -0.352 e. The van der Waals surface area contributed by atoms with Gasteiger partial charge in [-0.15, -0.1) is 12.4 Å². The zero-order valence-corrected chi connectivity index (χ0v) is 14.6. The number of nitrogens with two attached hydrogens (primary N) is 1. The van der Waals surface area contributed by atoms with E-state index in [1.54, 1.807) is 4.57 Å². The number of hydrogen-bond acceptors (Lipinski definition) is 4. The Bertz CT molecular complexity index is 499. The smallest absolute Gasteiger partial charge is 0.307 e. The number of nitrogens with zero attached hydrogens (tertiary/aromatic N) is 1. The van der Waals surface area contributed by atoms with Crippen LogP contribution >= 0.6 is 23.7 Å². The van der Waals surface area contributed by atoms with Crippen LogP contribution in [0.5, 0.6) is 0 Å². The molecule has 1 rings (SSSR count). The van der Waals surface area contributed by atoms with Crippen molar-refractivity contribution in [3.8, 4) is 0 Å². The maximum absolute atomic E-state index is 11.9.